The van der Waals surface area contributed by atoms with Gasteiger partial charge in [0.1, 0.15) is 12.4 Å². The molecule has 1 aliphatic heterocycles. The number of pyridine rings is 1. The van der Waals surface area contributed by atoms with E-state index in [1.165, 1.54) is 6.26 Å². The summed E-state index contributed by atoms with van der Waals surface area (Å²) in [5.74, 6) is 1.20. The van der Waals surface area contributed by atoms with Crippen LogP contribution in [0.2, 0.25) is 0 Å². The Morgan fingerprint density at radius 2 is 2.04 bits per heavy atom. The van der Waals surface area contributed by atoms with Gasteiger partial charge in [-0.15, -0.1) is 0 Å². The van der Waals surface area contributed by atoms with Crippen LogP contribution in [0.5, 0.6) is 5.88 Å². The van der Waals surface area contributed by atoms with Crippen molar-refractivity contribution in [3.63, 3.8) is 0 Å². The summed E-state index contributed by atoms with van der Waals surface area (Å²) >= 11 is 0. The third-order valence-corrected chi connectivity index (χ3v) is 4.86. The summed E-state index contributed by atoms with van der Waals surface area (Å²) in [5, 5.41) is 3.24. The summed E-state index contributed by atoms with van der Waals surface area (Å²) in [6.45, 7) is 1.76. The van der Waals surface area contributed by atoms with Gasteiger partial charge in [-0.1, -0.05) is 18.2 Å². The lowest BCUT2D eigenvalue weighted by Gasteiger charge is -2.17. The number of aromatic nitrogens is 1. The molecule has 0 spiro atoms. The summed E-state index contributed by atoms with van der Waals surface area (Å²) in [4.78, 5) is 9.00. The first-order valence-corrected chi connectivity index (χ1v) is 9.59. The van der Waals surface area contributed by atoms with Crippen molar-refractivity contribution in [2.24, 2.45) is 4.99 Å². The highest BCUT2D eigenvalue weighted by Gasteiger charge is 2.16. The van der Waals surface area contributed by atoms with E-state index >= 15 is 0 Å². The fourth-order valence-corrected chi connectivity index (χ4v) is 3.46. The summed E-state index contributed by atoms with van der Waals surface area (Å²) in [6, 6.07) is 10.5. The average molecular weight is 345 g/mol. The highest BCUT2D eigenvalue weighted by molar-refractivity contribution is 7.90. The second-order valence-corrected chi connectivity index (χ2v) is 7.52. The Morgan fingerprint density at radius 1 is 1.21 bits per heavy atom. The fraction of sp³-hybridized carbons (Fsp3) is 0.294. The van der Waals surface area contributed by atoms with Crippen LogP contribution in [0.3, 0.4) is 0 Å². The number of amidine groups is 1. The second kappa shape index (κ2) is 7.00. The molecule has 1 aromatic carbocycles. The minimum Gasteiger partial charge on any atom is -0.472 e. The highest BCUT2D eigenvalue weighted by atomic mass is 32.2. The van der Waals surface area contributed by atoms with E-state index in [-0.39, 0.29) is 11.5 Å². The van der Waals surface area contributed by atoms with Gasteiger partial charge in [0.2, 0.25) is 5.88 Å². The molecule has 1 aliphatic rings. The van der Waals surface area contributed by atoms with Gasteiger partial charge in [0.25, 0.3) is 0 Å². The number of rotatable bonds is 5. The third kappa shape index (κ3) is 3.73. The zero-order chi connectivity index (χ0) is 17.0. The van der Waals surface area contributed by atoms with Crippen molar-refractivity contribution in [1.82, 2.24) is 10.3 Å². The van der Waals surface area contributed by atoms with E-state index in [0.29, 0.717) is 11.4 Å². The molecule has 0 saturated heterocycles. The molecule has 1 N–H and O–H groups in total. The molecule has 3 rings (SSSR count). The number of sulfone groups is 1. The normalized spacial score (nSPS) is 14.6. The molecule has 0 saturated carbocycles. The topological polar surface area (TPSA) is 80.7 Å². The lowest BCUT2D eigenvalue weighted by atomic mass is 10.2. The molecule has 2 aromatic rings. The van der Waals surface area contributed by atoms with Crippen LogP contribution < -0.4 is 10.1 Å². The number of hydrogen-bond donors (Lipinski definition) is 1. The summed E-state index contributed by atoms with van der Waals surface area (Å²) < 4.78 is 29.6. The predicted octanol–water partition coefficient (Wildman–Crippen LogP) is 1.80. The maximum absolute atomic E-state index is 11.9. The second-order valence-electron chi connectivity index (χ2n) is 5.54. The molecule has 0 fully saturated rings. The van der Waals surface area contributed by atoms with Crippen molar-refractivity contribution >= 4 is 15.7 Å². The van der Waals surface area contributed by atoms with E-state index in [0.717, 1.165) is 30.9 Å². The number of nitrogens with one attached hydrogen (secondary N) is 1. The Kier molecular flexibility index (Phi) is 4.80. The van der Waals surface area contributed by atoms with Gasteiger partial charge >= 0.3 is 0 Å². The van der Waals surface area contributed by atoms with Crippen LogP contribution in [0, 0.1) is 0 Å². The molecule has 0 atom stereocenters. The first kappa shape index (κ1) is 16.4. The van der Waals surface area contributed by atoms with Crippen molar-refractivity contribution in [3.05, 3.63) is 53.7 Å². The average Bonchev–Trinajstić information content (AvgIpc) is 2.60. The molecule has 126 valence electrons. The Labute approximate surface area is 141 Å². The van der Waals surface area contributed by atoms with Crippen molar-refractivity contribution < 1.29 is 13.2 Å². The van der Waals surface area contributed by atoms with Crippen LogP contribution >= 0.6 is 0 Å². The standard InChI is InChI=1S/C17H19N3O3S/c1-24(21,22)15-8-3-2-6-13(15)12-23-17-14(7-4-9-20-17)16-18-10-5-11-19-16/h2-4,6-9H,5,10-12H2,1H3,(H,18,19). The molecule has 7 heteroatoms. The minimum absolute atomic E-state index is 0.126. The van der Waals surface area contributed by atoms with Gasteiger partial charge in [-0.25, -0.2) is 13.4 Å². The van der Waals surface area contributed by atoms with Gasteiger partial charge in [-0.05, 0) is 24.6 Å². The van der Waals surface area contributed by atoms with E-state index in [9.17, 15) is 8.42 Å². The van der Waals surface area contributed by atoms with Crippen LogP contribution in [0.1, 0.15) is 17.5 Å². The largest absolute Gasteiger partial charge is 0.472 e. The lowest BCUT2D eigenvalue weighted by molar-refractivity contribution is 0.290. The number of aliphatic imine (C=N–C) groups is 1. The molecular weight excluding hydrogens is 326 g/mol. The van der Waals surface area contributed by atoms with Crippen LogP contribution in [0.4, 0.5) is 0 Å². The van der Waals surface area contributed by atoms with Gasteiger partial charge in [-0.3, -0.25) is 4.99 Å². The fourth-order valence-electron chi connectivity index (χ4n) is 2.53. The summed E-state index contributed by atoms with van der Waals surface area (Å²) in [6.07, 6.45) is 3.84. The van der Waals surface area contributed by atoms with E-state index in [1.807, 2.05) is 12.1 Å². The first-order valence-electron chi connectivity index (χ1n) is 7.70. The summed E-state index contributed by atoms with van der Waals surface area (Å²) in [7, 11) is -3.30. The monoisotopic (exact) mass is 345 g/mol. The molecule has 24 heavy (non-hydrogen) atoms. The van der Waals surface area contributed by atoms with Crippen LogP contribution in [-0.4, -0.2) is 38.6 Å². The molecule has 0 radical (unpaired) electrons. The number of benzene rings is 1. The molecular formula is C17H19N3O3S. The van der Waals surface area contributed by atoms with Gasteiger partial charge in [0.15, 0.2) is 9.84 Å². The molecule has 1 aromatic heterocycles. The lowest BCUT2D eigenvalue weighted by Crippen LogP contribution is -2.30. The van der Waals surface area contributed by atoms with Crippen LogP contribution in [0.25, 0.3) is 0 Å². The Bertz CT molecular complexity index is 863. The van der Waals surface area contributed by atoms with Gasteiger partial charge < -0.3 is 10.1 Å². The maximum Gasteiger partial charge on any atom is 0.224 e. The molecule has 6 nitrogen and oxygen atoms in total. The molecule has 0 amide bonds. The van der Waals surface area contributed by atoms with Gasteiger partial charge in [-0.2, -0.15) is 0 Å². The van der Waals surface area contributed by atoms with E-state index in [4.69, 9.17) is 4.74 Å². The zero-order valence-electron chi connectivity index (χ0n) is 13.4. The minimum atomic E-state index is -3.30. The quantitative estimate of drug-likeness (QED) is 0.894. The van der Waals surface area contributed by atoms with Crippen molar-refractivity contribution in [3.8, 4) is 5.88 Å². The van der Waals surface area contributed by atoms with Crippen LogP contribution in [0.15, 0.2) is 52.5 Å². The first-order chi connectivity index (χ1) is 11.6. The van der Waals surface area contributed by atoms with Crippen LogP contribution in [-0.2, 0) is 16.4 Å². The molecule has 0 unspecified atom stereocenters. The smallest absolute Gasteiger partial charge is 0.224 e. The SMILES string of the molecule is CS(=O)(=O)c1ccccc1COc1ncccc1C1=NCCCN1. The number of hydrogen-bond acceptors (Lipinski definition) is 6. The Balaban J connectivity index is 1.85. The number of nitrogens with zero attached hydrogens (tertiary/aromatic N) is 2. The van der Waals surface area contributed by atoms with Crippen molar-refractivity contribution in [1.29, 1.82) is 0 Å². The zero-order valence-corrected chi connectivity index (χ0v) is 14.2. The van der Waals surface area contributed by atoms with Crippen molar-refractivity contribution in [2.75, 3.05) is 19.3 Å². The molecule has 0 aliphatic carbocycles. The third-order valence-electron chi connectivity index (χ3n) is 3.66. The van der Waals surface area contributed by atoms with Gasteiger partial charge in [0.05, 0.1) is 10.5 Å². The Morgan fingerprint density at radius 3 is 2.79 bits per heavy atom. The number of ether oxygens (including phenoxy) is 1. The summed E-state index contributed by atoms with van der Waals surface area (Å²) in [5.41, 5.74) is 1.39. The van der Waals surface area contributed by atoms with E-state index < -0.39 is 9.84 Å². The van der Waals surface area contributed by atoms with E-state index in [2.05, 4.69) is 15.3 Å². The molecule has 0 bridgehead atoms. The Hall–Kier alpha value is -2.41. The van der Waals surface area contributed by atoms with E-state index in [1.54, 1.807) is 30.5 Å². The predicted molar refractivity (Wildman–Crippen MR) is 92.1 cm³/mol. The highest BCUT2D eigenvalue weighted by Crippen LogP contribution is 2.20. The maximum atomic E-state index is 11.9. The molecule has 2 heterocycles. The van der Waals surface area contributed by atoms with Gasteiger partial charge in [0, 0.05) is 31.1 Å². The van der Waals surface area contributed by atoms with Crippen molar-refractivity contribution in [2.45, 2.75) is 17.9 Å².